The molecule has 0 bridgehead atoms. The molecule has 1 unspecified atom stereocenters. The summed E-state index contributed by atoms with van der Waals surface area (Å²) in [7, 11) is 0. The maximum absolute atomic E-state index is 11.1. The number of halogens is 1. The molecule has 4 nitrogen and oxygen atoms in total. The average Bonchev–Trinajstić information content (AvgIpc) is 1.96. The van der Waals surface area contributed by atoms with Gasteiger partial charge < -0.3 is 0 Å². The number of hydrogen-bond donors (Lipinski definition) is 1. The van der Waals surface area contributed by atoms with Crippen LogP contribution < -0.4 is 5.84 Å². The molecule has 1 rings (SSSR count). The number of hydrogen-bond acceptors (Lipinski definition) is 3. The molecule has 1 saturated heterocycles. The maximum Gasteiger partial charge on any atom is 0.251 e. The molecule has 12 heavy (non-hydrogen) atoms. The summed E-state index contributed by atoms with van der Waals surface area (Å²) in [5, 5.41) is 1.32. The molecule has 1 aliphatic rings. The van der Waals surface area contributed by atoms with Crippen molar-refractivity contribution in [3.63, 3.8) is 0 Å². The SMILES string of the molecule is CC(C)C1CN(N)C(=O)CN1I. The van der Waals surface area contributed by atoms with Gasteiger partial charge in [-0.2, -0.15) is 0 Å². The zero-order valence-corrected chi connectivity index (χ0v) is 9.48. The van der Waals surface area contributed by atoms with Crippen LogP contribution in [-0.4, -0.2) is 33.2 Å². The fraction of sp³-hybridized carbons (Fsp3) is 0.857. The Balaban J connectivity index is 2.61. The first-order valence-corrected chi connectivity index (χ1v) is 4.96. The second-order valence-electron chi connectivity index (χ2n) is 3.42. The summed E-state index contributed by atoms with van der Waals surface area (Å²) in [6, 6.07) is 0.383. The van der Waals surface area contributed by atoms with E-state index in [0.717, 1.165) is 0 Å². The zero-order chi connectivity index (χ0) is 9.30. The molecule has 2 N–H and O–H groups in total. The number of carbonyl (C=O) groups excluding carboxylic acids is 1. The number of nitrogens with zero attached hydrogens (tertiary/aromatic N) is 2. The molecule has 1 heterocycles. The molecule has 0 radical (unpaired) electrons. The monoisotopic (exact) mass is 283 g/mol. The summed E-state index contributed by atoms with van der Waals surface area (Å²) in [5.74, 6) is 6.05. The van der Waals surface area contributed by atoms with Crippen LogP contribution in [0.4, 0.5) is 0 Å². The molecule has 0 saturated carbocycles. The number of nitrogens with two attached hydrogens (primary N) is 1. The number of carbonyl (C=O) groups is 1. The van der Waals surface area contributed by atoms with Crippen molar-refractivity contribution in [3.05, 3.63) is 0 Å². The lowest BCUT2D eigenvalue weighted by atomic mass is 10.0. The van der Waals surface area contributed by atoms with Gasteiger partial charge in [-0.25, -0.2) is 8.96 Å². The molecule has 1 atom stereocenters. The Morgan fingerprint density at radius 2 is 2.25 bits per heavy atom. The Kier molecular flexibility index (Phi) is 3.30. The minimum atomic E-state index is 0.00120. The second-order valence-corrected chi connectivity index (χ2v) is 4.65. The molecule has 0 aromatic heterocycles. The summed E-state index contributed by atoms with van der Waals surface area (Å²) >= 11 is 2.19. The zero-order valence-electron chi connectivity index (χ0n) is 7.33. The Morgan fingerprint density at radius 1 is 1.67 bits per heavy atom. The van der Waals surface area contributed by atoms with E-state index in [2.05, 4.69) is 36.7 Å². The Bertz CT molecular complexity index is 185. The van der Waals surface area contributed by atoms with Crippen molar-refractivity contribution in [1.82, 2.24) is 8.12 Å². The van der Waals surface area contributed by atoms with Gasteiger partial charge in [-0.15, -0.1) is 0 Å². The minimum absolute atomic E-state index is 0.00120. The molecule has 0 spiro atoms. The van der Waals surface area contributed by atoms with Crippen molar-refractivity contribution in [2.24, 2.45) is 11.8 Å². The van der Waals surface area contributed by atoms with E-state index in [-0.39, 0.29) is 5.91 Å². The lowest BCUT2D eigenvalue weighted by Gasteiger charge is -2.37. The van der Waals surface area contributed by atoms with E-state index in [0.29, 0.717) is 25.0 Å². The lowest BCUT2D eigenvalue weighted by Crippen LogP contribution is -2.56. The molecule has 0 aromatic rings. The van der Waals surface area contributed by atoms with Gasteiger partial charge in [-0.05, 0) is 5.92 Å². The van der Waals surface area contributed by atoms with Crippen LogP contribution in [0.2, 0.25) is 0 Å². The van der Waals surface area contributed by atoms with Crippen LogP contribution in [0, 0.1) is 5.92 Å². The maximum atomic E-state index is 11.1. The third-order valence-corrected chi connectivity index (χ3v) is 3.18. The van der Waals surface area contributed by atoms with Gasteiger partial charge in [0.15, 0.2) is 0 Å². The van der Waals surface area contributed by atoms with Crippen LogP contribution in [0.25, 0.3) is 0 Å². The standard InChI is InChI=1S/C7H14IN3O/c1-5(2)6-3-11(9)7(12)4-10(6)8/h5-6H,3-4,9H2,1-2H3. The quantitative estimate of drug-likeness (QED) is 0.327. The van der Waals surface area contributed by atoms with Crippen LogP contribution in [0.15, 0.2) is 0 Å². The fourth-order valence-corrected chi connectivity index (χ4v) is 2.37. The Labute approximate surface area is 86.5 Å². The number of rotatable bonds is 1. The van der Waals surface area contributed by atoms with Crippen LogP contribution in [0.5, 0.6) is 0 Å². The average molecular weight is 283 g/mol. The second kappa shape index (κ2) is 3.89. The Hall–Kier alpha value is 0.120. The van der Waals surface area contributed by atoms with Gasteiger partial charge >= 0.3 is 0 Å². The largest absolute Gasteiger partial charge is 0.278 e. The first kappa shape index (κ1) is 10.2. The molecule has 1 amide bonds. The van der Waals surface area contributed by atoms with Crippen LogP contribution >= 0.6 is 22.9 Å². The van der Waals surface area contributed by atoms with E-state index in [1.54, 1.807) is 0 Å². The van der Waals surface area contributed by atoms with E-state index in [4.69, 9.17) is 5.84 Å². The van der Waals surface area contributed by atoms with Crippen molar-refractivity contribution in [2.45, 2.75) is 19.9 Å². The summed E-state index contributed by atoms with van der Waals surface area (Å²) in [6.45, 7) is 5.35. The van der Waals surface area contributed by atoms with E-state index in [1.165, 1.54) is 5.01 Å². The summed E-state index contributed by atoms with van der Waals surface area (Å²) in [5.41, 5.74) is 0. The van der Waals surface area contributed by atoms with Crippen LogP contribution in [-0.2, 0) is 4.79 Å². The van der Waals surface area contributed by atoms with Gasteiger partial charge in [0, 0.05) is 28.9 Å². The minimum Gasteiger partial charge on any atom is -0.278 e. The highest BCUT2D eigenvalue weighted by Crippen LogP contribution is 2.19. The van der Waals surface area contributed by atoms with Gasteiger partial charge in [0.05, 0.1) is 13.1 Å². The van der Waals surface area contributed by atoms with Crippen molar-refractivity contribution in [1.29, 1.82) is 0 Å². The van der Waals surface area contributed by atoms with Gasteiger partial charge in [0.2, 0.25) is 0 Å². The third-order valence-electron chi connectivity index (χ3n) is 2.12. The molecule has 1 fully saturated rings. The first-order chi connectivity index (χ1) is 5.52. The summed E-state index contributed by atoms with van der Waals surface area (Å²) < 4.78 is 2.04. The predicted molar refractivity (Wildman–Crippen MR) is 55.3 cm³/mol. The van der Waals surface area contributed by atoms with Gasteiger partial charge in [-0.1, -0.05) is 13.8 Å². The third kappa shape index (κ3) is 2.08. The van der Waals surface area contributed by atoms with E-state index in [1.807, 2.05) is 3.11 Å². The molecule has 0 aromatic carbocycles. The molecule has 70 valence electrons. The predicted octanol–water partition coefficient (Wildman–Crippen LogP) is 0.379. The van der Waals surface area contributed by atoms with E-state index in [9.17, 15) is 4.79 Å². The highest BCUT2D eigenvalue weighted by Gasteiger charge is 2.30. The van der Waals surface area contributed by atoms with Gasteiger partial charge in [-0.3, -0.25) is 9.80 Å². The molecular weight excluding hydrogens is 269 g/mol. The number of hydrazine groups is 1. The van der Waals surface area contributed by atoms with Crippen molar-refractivity contribution < 1.29 is 4.79 Å². The first-order valence-electron chi connectivity index (χ1n) is 4.00. The number of piperazine rings is 1. The Morgan fingerprint density at radius 3 is 2.75 bits per heavy atom. The smallest absolute Gasteiger partial charge is 0.251 e. The topological polar surface area (TPSA) is 49.6 Å². The van der Waals surface area contributed by atoms with Crippen molar-refractivity contribution >= 4 is 28.8 Å². The van der Waals surface area contributed by atoms with Crippen LogP contribution in [0.3, 0.4) is 0 Å². The van der Waals surface area contributed by atoms with Crippen LogP contribution in [0.1, 0.15) is 13.8 Å². The highest BCUT2D eigenvalue weighted by molar-refractivity contribution is 14.1. The van der Waals surface area contributed by atoms with Crippen molar-refractivity contribution in [2.75, 3.05) is 13.1 Å². The summed E-state index contributed by atoms with van der Waals surface area (Å²) in [4.78, 5) is 11.1. The molecule has 5 heteroatoms. The molecule has 0 aliphatic carbocycles. The fourth-order valence-electron chi connectivity index (χ4n) is 1.26. The lowest BCUT2D eigenvalue weighted by molar-refractivity contribution is -0.135. The van der Waals surface area contributed by atoms with Gasteiger partial charge in [0.1, 0.15) is 0 Å². The van der Waals surface area contributed by atoms with Crippen molar-refractivity contribution in [3.8, 4) is 0 Å². The number of amides is 1. The van der Waals surface area contributed by atoms with E-state index < -0.39 is 0 Å². The summed E-state index contributed by atoms with van der Waals surface area (Å²) in [6.07, 6.45) is 0. The normalized spacial score (nSPS) is 26.9. The highest BCUT2D eigenvalue weighted by atomic mass is 127. The van der Waals surface area contributed by atoms with Gasteiger partial charge in [0.25, 0.3) is 5.91 Å². The molecule has 1 aliphatic heterocycles. The van der Waals surface area contributed by atoms with E-state index >= 15 is 0 Å². The molecular formula is C7H14IN3O.